The molecule has 1 aromatic carbocycles. The summed E-state index contributed by atoms with van der Waals surface area (Å²) in [5.41, 5.74) is 1.87. The van der Waals surface area contributed by atoms with Crippen molar-refractivity contribution < 1.29 is 14.6 Å². The van der Waals surface area contributed by atoms with Crippen molar-refractivity contribution in [2.75, 3.05) is 6.61 Å². The Morgan fingerprint density at radius 2 is 2.24 bits per heavy atom. The van der Waals surface area contributed by atoms with Crippen molar-refractivity contribution >= 4 is 27.5 Å². The van der Waals surface area contributed by atoms with E-state index < -0.39 is 5.97 Å². The first-order chi connectivity index (χ1) is 10.2. The minimum atomic E-state index is -0.868. The van der Waals surface area contributed by atoms with Crippen LogP contribution in [-0.4, -0.2) is 27.7 Å². The fraction of sp³-hybridized carbons (Fsp3) is 0.133. The van der Waals surface area contributed by atoms with E-state index in [0.717, 1.165) is 20.8 Å². The normalized spacial score (nSPS) is 10.7. The average Bonchev–Trinajstić information content (AvgIpc) is 2.91. The Morgan fingerprint density at radius 1 is 1.33 bits per heavy atom. The van der Waals surface area contributed by atoms with Gasteiger partial charge in [-0.05, 0) is 30.3 Å². The predicted molar refractivity (Wildman–Crippen MR) is 80.6 cm³/mol. The van der Waals surface area contributed by atoms with Gasteiger partial charge >= 0.3 is 5.97 Å². The summed E-state index contributed by atoms with van der Waals surface area (Å²) in [6.45, 7) is 0.162. The standard InChI is InChI=1S/C15H12N2O3S/c18-14(19)5-7-20-11-3-4-12-13(8-11)21-15(17-12)10-2-1-6-16-9-10/h1-4,6,8-9H,5,7H2,(H,18,19). The lowest BCUT2D eigenvalue weighted by atomic mass is 10.3. The van der Waals surface area contributed by atoms with Crippen LogP contribution in [0, 0.1) is 0 Å². The first kappa shape index (κ1) is 13.5. The van der Waals surface area contributed by atoms with Crippen LogP contribution in [0.2, 0.25) is 0 Å². The quantitative estimate of drug-likeness (QED) is 0.783. The van der Waals surface area contributed by atoms with Crippen molar-refractivity contribution in [3.63, 3.8) is 0 Å². The minimum Gasteiger partial charge on any atom is -0.493 e. The molecule has 0 unspecified atom stereocenters. The molecular formula is C15H12N2O3S. The zero-order chi connectivity index (χ0) is 14.7. The van der Waals surface area contributed by atoms with Crippen LogP contribution < -0.4 is 4.74 Å². The van der Waals surface area contributed by atoms with E-state index in [1.807, 2.05) is 24.3 Å². The molecule has 0 fully saturated rings. The number of benzene rings is 1. The van der Waals surface area contributed by atoms with Gasteiger partial charge in [-0.25, -0.2) is 4.98 Å². The van der Waals surface area contributed by atoms with E-state index in [1.165, 1.54) is 0 Å². The Morgan fingerprint density at radius 3 is 3.00 bits per heavy atom. The molecule has 21 heavy (non-hydrogen) atoms. The molecule has 0 radical (unpaired) electrons. The van der Waals surface area contributed by atoms with Gasteiger partial charge in [0.05, 0.1) is 23.2 Å². The zero-order valence-electron chi connectivity index (χ0n) is 11.0. The fourth-order valence-corrected chi connectivity index (χ4v) is 2.85. The molecule has 2 heterocycles. The highest BCUT2D eigenvalue weighted by atomic mass is 32.1. The lowest BCUT2D eigenvalue weighted by Gasteiger charge is -2.03. The van der Waals surface area contributed by atoms with E-state index in [-0.39, 0.29) is 13.0 Å². The largest absolute Gasteiger partial charge is 0.493 e. The molecule has 0 amide bonds. The third-order valence-corrected chi connectivity index (χ3v) is 3.92. The Bertz CT molecular complexity index is 771. The number of hydrogen-bond donors (Lipinski definition) is 1. The summed E-state index contributed by atoms with van der Waals surface area (Å²) < 4.78 is 6.43. The summed E-state index contributed by atoms with van der Waals surface area (Å²) in [7, 11) is 0. The molecule has 0 bridgehead atoms. The van der Waals surface area contributed by atoms with Crippen LogP contribution >= 0.6 is 11.3 Å². The molecule has 0 saturated carbocycles. The summed E-state index contributed by atoms with van der Waals surface area (Å²) in [5, 5.41) is 9.50. The number of pyridine rings is 1. The maximum atomic E-state index is 10.5. The van der Waals surface area contributed by atoms with Gasteiger partial charge in [0.2, 0.25) is 0 Å². The van der Waals surface area contributed by atoms with Gasteiger partial charge in [0.25, 0.3) is 0 Å². The van der Waals surface area contributed by atoms with Crippen molar-refractivity contribution in [2.45, 2.75) is 6.42 Å². The molecule has 106 valence electrons. The number of carboxylic acids is 1. The molecule has 0 atom stereocenters. The third-order valence-electron chi connectivity index (χ3n) is 2.85. The Labute approximate surface area is 124 Å². The van der Waals surface area contributed by atoms with Crippen molar-refractivity contribution in [3.8, 4) is 16.3 Å². The maximum absolute atomic E-state index is 10.5. The van der Waals surface area contributed by atoms with Gasteiger partial charge < -0.3 is 9.84 Å². The summed E-state index contributed by atoms with van der Waals surface area (Å²) in [6, 6.07) is 9.41. The van der Waals surface area contributed by atoms with E-state index in [1.54, 1.807) is 29.8 Å². The van der Waals surface area contributed by atoms with E-state index in [0.29, 0.717) is 5.75 Å². The molecule has 0 aliphatic carbocycles. The number of ether oxygens (including phenoxy) is 1. The Kier molecular flexibility index (Phi) is 3.79. The molecule has 0 saturated heterocycles. The molecular weight excluding hydrogens is 288 g/mol. The van der Waals surface area contributed by atoms with Gasteiger partial charge in [0.1, 0.15) is 10.8 Å². The Hall–Kier alpha value is -2.47. The molecule has 3 rings (SSSR count). The lowest BCUT2D eigenvalue weighted by molar-refractivity contribution is -0.137. The average molecular weight is 300 g/mol. The fourth-order valence-electron chi connectivity index (χ4n) is 1.86. The topological polar surface area (TPSA) is 72.3 Å². The van der Waals surface area contributed by atoms with E-state index >= 15 is 0 Å². The highest BCUT2D eigenvalue weighted by molar-refractivity contribution is 7.21. The molecule has 3 aromatic rings. The zero-order valence-corrected chi connectivity index (χ0v) is 11.8. The predicted octanol–water partition coefficient (Wildman–Crippen LogP) is 3.21. The van der Waals surface area contributed by atoms with Crippen molar-refractivity contribution in [3.05, 3.63) is 42.7 Å². The molecule has 0 aliphatic heterocycles. The van der Waals surface area contributed by atoms with Crippen molar-refractivity contribution in [1.29, 1.82) is 0 Å². The molecule has 0 spiro atoms. The maximum Gasteiger partial charge on any atom is 0.306 e. The van der Waals surface area contributed by atoms with E-state index in [2.05, 4.69) is 9.97 Å². The number of thiazole rings is 1. The molecule has 1 N–H and O–H groups in total. The summed E-state index contributed by atoms with van der Waals surface area (Å²) in [4.78, 5) is 19.1. The van der Waals surface area contributed by atoms with Crippen LogP contribution in [0.3, 0.4) is 0 Å². The first-order valence-corrected chi connectivity index (χ1v) is 7.19. The SMILES string of the molecule is O=C(O)CCOc1ccc2nc(-c3cccnc3)sc2c1. The van der Waals surface area contributed by atoms with Crippen LogP contribution in [0.1, 0.15) is 6.42 Å². The first-order valence-electron chi connectivity index (χ1n) is 6.38. The van der Waals surface area contributed by atoms with E-state index in [4.69, 9.17) is 9.84 Å². The van der Waals surface area contributed by atoms with Crippen LogP contribution in [0.15, 0.2) is 42.7 Å². The third kappa shape index (κ3) is 3.17. The monoisotopic (exact) mass is 300 g/mol. The lowest BCUT2D eigenvalue weighted by Crippen LogP contribution is -2.04. The minimum absolute atomic E-state index is 0.0122. The second-order valence-electron chi connectivity index (χ2n) is 4.38. The highest BCUT2D eigenvalue weighted by Crippen LogP contribution is 2.31. The number of carbonyl (C=O) groups is 1. The van der Waals surface area contributed by atoms with Crippen LogP contribution in [0.4, 0.5) is 0 Å². The van der Waals surface area contributed by atoms with Crippen molar-refractivity contribution in [1.82, 2.24) is 9.97 Å². The van der Waals surface area contributed by atoms with Gasteiger partial charge in [-0.1, -0.05) is 0 Å². The smallest absolute Gasteiger partial charge is 0.306 e. The number of rotatable bonds is 5. The van der Waals surface area contributed by atoms with Gasteiger partial charge in [-0.3, -0.25) is 9.78 Å². The molecule has 2 aromatic heterocycles. The highest BCUT2D eigenvalue weighted by Gasteiger charge is 2.07. The second-order valence-corrected chi connectivity index (χ2v) is 5.41. The van der Waals surface area contributed by atoms with Gasteiger partial charge in [-0.2, -0.15) is 0 Å². The number of fused-ring (bicyclic) bond motifs is 1. The summed E-state index contributed by atoms with van der Waals surface area (Å²) in [6.07, 6.45) is 3.49. The number of carboxylic acid groups (broad SMARTS) is 1. The van der Waals surface area contributed by atoms with Crippen LogP contribution in [0.5, 0.6) is 5.75 Å². The number of aromatic nitrogens is 2. The Balaban J connectivity index is 1.83. The van der Waals surface area contributed by atoms with E-state index in [9.17, 15) is 4.79 Å². The number of nitrogens with zero attached hydrogens (tertiary/aromatic N) is 2. The number of hydrogen-bond acceptors (Lipinski definition) is 5. The molecule has 6 heteroatoms. The summed E-state index contributed by atoms with van der Waals surface area (Å²) >= 11 is 1.56. The van der Waals surface area contributed by atoms with Crippen LogP contribution in [0.25, 0.3) is 20.8 Å². The van der Waals surface area contributed by atoms with Gasteiger partial charge in [0, 0.05) is 18.0 Å². The van der Waals surface area contributed by atoms with Gasteiger partial charge in [0.15, 0.2) is 0 Å². The molecule has 5 nitrogen and oxygen atoms in total. The summed E-state index contributed by atoms with van der Waals surface area (Å²) in [5.74, 6) is -0.210. The van der Waals surface area contributed by atoms with Crippen molar-refractivity contribution in [2.24, 2.45) is 0 Å². The molecule has 0 aliphatic rings. The number of aliphatic carboxylic acids is 1. The van der Waals surface area contributed by atoms with Crippen LogP contribution in [-0.2, 0) is 4.79 Å². The van der Waals surface area contributed by atoms with Gasteiger partial charge in [-0.15, -0.1) is 11.3 Å². The second kappa shape index (κ2) is 5.88.